The van der Waals surface area contributed by atoms with Crippen LogP contribution in [0.4, 0.5) is 4.79 Å². The van der Waals surface area contributed by atoms with Crippen molar-refractivity contribution in [1.82, 2.24) is 20.3 Å². The van der Waals surface area contributed by atoms with Crippen molar-refractivity contribution in [3.63, 3.8) is 0 Å². The standard InChI is InChI=1S/C17H24N4O3/c1-12-4-5-16(23-12)14(3)18-17(22)21-8-6-20(7-9-21)11-15-10-13(2)24-19-15/h4-5,10,14H,6-9,11H2,1-3H3,(H,18,22). The van der Waals surface area contributed by atoms with Crippen molar-refractivity contribution in [2.24, 2.45) is 0 Å². The molecule has 7 nitrogen and oxygen atoms in total. The second-order valence-corrected chi connectivity index (χ2v) is 6.31. The number of hydrogen-bond acceptors (Lipinski definition) is 5. The fourth-order valence-corrected chi connectivity index (χ4v) is 2.86. The van der Waals surface area contributed by atoms with Gasteiger partial charge in [0.25, 0.3) is 0 Å². The number of amides is 2. The number of nitrogens with one attached hydrogen (secondary N) is 1. The van der Waals surface area contributed by atoms with E-state index in [-0.39, 0.29) is 12.1 Å². The molecule has 0 saturated carbocycles. The average Bonchev–Trinajstić information content (AvgIpc) is 3.16. The Bertz CT molecular complexity index is 686. The van der Waals surface area contributed by atoms with E-state index in [0.717, 1.165) is 42.6 Å². The van der Waals surface area contributed by atoms with Gasteiger partial charge >= 0.3 is 6.03 Å². The minimum Gasteiger partial charge on any atom is -0.464 e. The molecule has 130 valence electrons. The highest BCUT2D eigenvalue weighted by molar-refractivity contribution is 5.74. The van der Waals surface area contributed by atoms with E-state index in [4.69, 9.17) is 8.94 Å². The zero-order valence-electron chi connectivity index (χ0n) is 14.4. The molecular formula is C17H24N4O3. The number of rotatable bonds is 4. The van der Waals surface area contributed by atoms with Gasteiger partial charge < -0.3 is 19.2 Å². The van der Waals surface area contributed by atoms with Crippen molar-refractivity contribution in [2.45, 2.75) is 33.4 Å². The molecule has 2 aromatic heterocycles. The Morgan fingerprint density at radius 3 is 2.58 bits per heavy atom. The van der Waals surface area contributed by atoms with E-state index in [1.807, 2.05) is 43.9 Å². The zero-order valence-corrected chi connectivity index (χ0v) is 14.4. The van der Waals surface area contributed by atoms with Crippen molar-refractivity contribution < 1.29 is 13.7 Å². The maximum absolute atomic E-state index is 12.4. The summed E-state index contributed by atoms with van der Waals surface area (Å²) < 4.78 is 10.7. The summed E-state index contributed by atoms with van der Waals surface area (Å²) in [5, 5.41) is 7.01. The third kappa shape index (κ3) is 3.97. The highest BCUT2D eigenvalue weighted by Crippen LogP contribution is 2.16. The molecular weight excluding hydrogens is 308 g/mol. The second-order valence-electron chi connectivity index (χ2n) is 6.31. The number of aryl methyl sites for hydroxylation is 2. The van der Waals surface area contributed by atoms with Crippen molar-refractivity contribution in [1.29, 1.82) is 0 Å². The molecule has 0 radical (unpaired) electrons. The predicted octanol–water partition coefficient (Wildman–Crippen LogP) is 2.47. The number of furan rings is 1. The van der Waals surface area contributed by atoms with E-state index >= 15 is 0 Å². The summed E-state index contributed by atoms with van der Waals surface area (Å²) in [4.78, 5) is 16.5. The van der Waals surface area contributed by atoms with Crippen molar-refractivity contribution in [2.75, 3.05) is 26.2 Å². The largest absolute Gasteiger partial charge is 0.464 e. The molecule has 1 aliphatic rings. The van der Waals surface area contributed by atoms with Crippen molar-refractivity contribution in [3.8, 4) is 0 Å². The van der Waals surface area contributed by atoms with Gasteiger partial charge in [-0.15, -0.1) is 0 Å². The zero-order chi connectivity index (χ0) is 17.1. The Labute approximate surface area is 141 Å². The Morgan fingerprint density at radius 1 is 1.25 bits per heavy atom. The first-order valence-electron chi connectivity index (χ1n) is 8.27. The van der Waals surface area contributed by atoms with Gasteiger partial charge in [-0.2, -0.15) is 0 Å². The number of piperazine rings is 1. The Kier molecular flexibility index (Phi) is 4.89. The number of hydrogen-bond donors (Lipinski definition) is 1. The molecule has 2 aromatic rings. The molecule has 0 spiro atoms. The molecule has 1 aliphatic heterocycles. The van der Waals surface area contributed by atoms with E-state index in [1.165, 1.54) is 0 Å². The lowest BCUT2D eigenvalue weighted by atomic mass is 10.2. The van der Waals surface area contributed by atoms with Gasteiger partial charge in [0, 0.05) is 38.8 Å². The number of carbonyl (C=O) groups is 1. The molecule has 7 heteroatoms. The van der Waals surface area contributed by atoms with Crippen LogP contribution in [0, 0.1) is 13.8 Å². The molecule has 2 amide bonds. The van der Waals surface area contributed by atoms with Gasteiger partial charge in [0.15, 0.2) is 0 Å². The average molecular weight is 332 g/mol. The van der Waals surface area contributed by atoms with Gasteiger partial charge in [-0.05, 0) is 32.9 Å². The molecule has 0 bridgehead atoms. The van der Waals surface area contributed by atoms with Crippen LogP contribution in [0.2, 0.25) is 0 Å². The summed E-state index contributed by atoms with van der Waals surface area (Å²) in [5.41, 5.74) is 0.937. The van der Waals surface area contributed by atoms with Crippen LogP contribution in [-0.2, 0) is 6.54 Å². The fourth-order valence-electron chi connectivity index (χ4n) is 2.86. The quantitative estimate of drug-likeness (QED) is 0.931. The third-order valence-corrected chi connectivity index (χ3v) is 4.25. The van der Waals surface area contributed by atoms with Crippen molar-refractivity contribution in [3.05, 3.63) is 41.2 Å². The first-order chi connectivity index (χ1) is 11.5. The van der Waals surface area contributed by atoms with Gasteiger partial charge in [-0.3, -0.25) is 4.90 Å². The molecule has 0 aliphatic carbocycles. The van der Waals surface area contributed by atoms with Crippen LogP contribution in [0.25, 0.3) is 0 Å². The number of aromatic nitrogens is 1. The number of nitrogens with zero attached hydrogens (tertiary/aromatic N) is 3. The lowest BCUT2D eigenvalue weighted by molar-refractivity contribution is 0.131. The minimum absolute atomic E-state index is 0.0477. The van der Waals surface area contributed by atoms with E-state index in [1.54, 1.807) is 0 Å². The first-order valence-corrected chi connectivity index (χ1v) is 8.27. The van der Waals surface area contributed by atoms with Crippen LogP contribution in [0.15, 0.2) is 27.1 Å². The maximum atomic E-state index is 12.4. The van der Waals surface area contributed by atoms with Crippen LogP contribution in [-0.4, -0.2) is 47.2 Å². The monoisotopic (exact) mass is 332 g/mol. The summed E-state index contributed by atoms with van der Waals surface area (Å²) >= 11 is 0. The van der Waals surface area contributed by atoms with Gasteiger partial charge in [0.1, 0.15) is 17.3 Å². The molecule has 1 N–H and O–H groups in total. The Morgan fingerprint density at radius 2 is 2.00 bits per heavy atom. The lowest BCUT2D eigenvalue weighted by Crippen LogP contribution is -2.51. The number of urea groups is 1. The topological polar surface area (TPSA) is 74.8 Å². The maximum Gasteiger partial charge on any atom is 0.318 e. The van der Waals surface area contributed by atoms with E-state index in [0.29, 0.717) is 13.1 Å². The molecule has 3 heterocycles. The molecule has 1 fully saturated rings. The van der Waals surface area contributed by atoms with Gasteiger partial charge in [0.05, 0.1) is 11.7 Å². The summed E-state index contributed by atoms with van der Waals surface area (Å²) in [6, 6.07) is 5.57. The smallest absolute Gasteiger partial charge is 0.318 e. The summed E-state index contributed by atoms with van der Waals surface area (Å²) in [5.74, 6) is 2.45. The van der Waals surface area contributed by atoms with E-state index < -0.39 is 0 Å². The van der Waals surface area contributed by atoms with Gasteiger partial charge in [-0.1, -0.05) is 5.16 Å². The molecule has 1 unspecified atom stereocenters. The minimum atomic E-state index is -0.137. The fraction of sp³-hybridized carbons (Fsp3) is 0.529. The Balaban J connectivity index is 1.46. The van der Waals surface area contributed by atoms with Crippen LogP contribution in [0.5, 0.6) is 0 Å². The molecule has 3 rings (SSSR count). The molecule has 1 atom stereocenters. The highest BCUT2D eigenvalue weighted by Gasteiger charge is 2.23. The summed E-state index contributed by atoms with van der Waals surface area (Å²) in [6.07, 6.45) is 0. The van der Waals surface area contributed by atoms with Crippen molar-refractivity contribution >= 4 is 6.03 Å². The third-order valence-electron chi connectivity index (χ3n) is 4.25. The lowest BCUT2D eigenvalue weighted by Gasteiger charge is -2.34. The van der Waals surface area contributed by atoms with Crippen LogP contribution in [0.3, 0.4) is 0 Å². The number of carbonyl (C=O) groups excluding carboxylic acids is 1. The van der Waals surface area contributed by atoms with Crippen LogP contribution < -0.4 is 5.32 Å². The van der Waals surface area contributed by atoms with Crippen LogP contribution >= 0.6 is 0 Å². The summed E-state index contributed by atoms with van der Waals surface area (Å²) in [6.45, 7) is 9.53. The molecule has 1 saturated heterocycles. The Hall–Kier alpha value is -2.28. The normalized spacial score (nSPS) is 17.0. The SMILES string of the molecule is Cc1cc(CN2CCN(C(=O)NC(C)c3ccc(C)o3)CC2)no1. The predicted molar refractivity (Wildman–Crippen MR) is 88.5 cm³/mol. The van der Waals surface area contributed by atoms with E-state index in [9.17, 15) is 4.79 Å². The highest BCUT2D eigenvalue weighted by atomic mass is 16.5. The molecule has 24 heavy (non-hydrogen) atoms. The molecule has 0 aromatic carbocycles. The van der Waals surface area contributed by atoms with E-state index in [2.05, 4.69) is 15.4 Å². The van der Waals surface area contributed by atoms with Gasteiger partial charge in [0.2, 0.25) is 0 Å². The first kappa shape index (κ1) is 16.6. The van der Waals surface area contributed by atoms with Gasteiger partial charge in [-0.25, -0.2) is 4.79 Å². The summed E-state index contributed by atoms with van der Waals surface area (Å²) in [7, 11) is 0. The second kappa shape index (κ2) is 7.09. The van der Waals surface area contributed by atoms with Crippen LogP contribution in [0.1, 0.15) is 35.9 Å².